The summed E-state index contributed by atoms with van der Waals surface area (Å²) < 4.78 is 120. The summed E-state index contributed by atoms with van der Waals surface area (Å²) in [5.74, 6) is 1.55. The van der Waals surface area contributed by atoms with Gasteiger partial charge in [0.2, 0.25) is 0 Å². The number of carbonyl (C=O) groups excluding carboxylic acids is 4. The Morgan fingerprint density at radius 3 is 1.40 bits per heavy atom. The van der Waals surface area contributed by atoms with Crippen molar-refractivity contribution < 1.29 is 90.4 Å². The van der Waals surface area contributed by atoms with Crippen molar-refractivity contribution in [3.05, 3.63) is 0 Å². The lowest BCUT2D eigenvalue weighted by atomic mass is 10.2. The SMILES string of the molecule is CC(C)(C)OC(=O)N1CC2CC1CS2.CC(C)(C)OC(=O)N1CC2CC1CS2(=O)=O.CC(C)(C)OC(=O)N1C[C@H](O)C[C@H]1CO.CC(C)(C)OC(=O)N1C[C@H](OS(C)(=O)=O)C[C@H]1COS(C)(=O)=O.Cl.O=S1(=O)CC2CC1CN2. The summed E-state index contributed by atoms with van der Waals surface area (Å²) in [7, 11) is -13.0. The highest BCUT2D eigenvalue weighted by molar-refractivity contribution is 8.00. The Morgan fingerprint density at radius 2 is 1.06 bits per heavy atom. The number of aliphatic hydroxyl groups excluding tert-OH is 2. The third-order valence-corrected chi connectivity index (χ3v) is 19.6. The van der Waals surface area contributed by atoms with E-state index < -0.39 is 93.2 Å². The Kier molecular flexibility index (Phi) is 23.8. The number of likely N-dealkylation sites (tertiary alicyclic amines) is 4. The molecule has 0 aromatic heterocycles. The molecule has 6 bridgehead atoms. The summed E-state index contributed by atoms with van der Waals surface area (Å²) in [6, 6.07) is -0.453. The number of fused-ring (bicyclic) bond motifs is 6. The number of carbonyl (C=O) groups is 4. The number of β-amino-alcohol motifs (C(OH)–C–C–N with tert-alkyl or cyclic N) is 1. The molecule has 78 heavy (non-hydrogen) atoms. The molecule has 8 rings (SSSR count). The van der Waals surface area contributed by atoms with Crippen LogP contribution < -0.4 is 5.32 Å². The summed E-state index contributed by atoms with van der Waals surface area (Å²) in [5, 5.41) is 21.8. The van der Waals surface area contributed by atoms with E-state index in [1.807, 2.05) is 37.4 Å². The lowest BCUT2D eigenvalue weighted by Gasteiger charge is -2.29. The molecule has 4 amide bonds. The molecule has 8 aliphatic rings. The van der Waals surface area contributed by atoms with Crippen LogP contribution in [0.2, 0.25) is 0 Å². The van der Waals surface area contributed by atoms with Crippen LogP contribution in [0.3, 0.4) is 0 Å². The van der Waals surface area contributed by atoms with Gasteiger partial charge in [0.15, 0.2) is 19.7 Å². The third kappa shape index (κ3) is 22.6. The smallest absolute Gasteiger partial charge is 0.410 e. The van der Waals surface area contributed by atoms with E-state index >= 15 is 0 Å². The van der Waals surface area contributed by atoms with E-state index in [0.29, 0.717) is 43.0 Å². The van der Waals surface area contributed by atoms with Gasteiger partial charge in [0, 0.05) is 42.7 Å². The Hall–Kier alpha value is -2.68. The number of nitrogens with zero attached hydrogens (tertiary/aromatic N) is 4. The van der Waals surface area contributed by atoms with Gasteiger partial charge in [0.25, 0.3) is 20.2 Å². The predicted octanol–water partition coefficient (Wildman–Crippen LogP) is 3.14. The molecule has 0 radical (unpaired) electrons. The highest BCUT2D eigenvalue weighted by atomic mass is 35.5. The van der Waals surface area contributed by atoms with E-state index in [1.165, 1.54) is 9.80 Å². The van der Waals surface area contributed by atoms with Crippen LogP contribution in [0.5, 0.6) is 0 Å². The Bertz CT molecular complexity index is 2530. The fraction of sp³-hybridized carbons (Fsp3) is 0.915. The number of aliphatic hydroxyl groups is 2. The molecule has 0 saturated carbocycles. The molecule has 8 saturated heterocycles. The summed E-state index contributed by atoms with van der Waals surface area (Å²) in [6.07, 6.45) is 1.90. The van der Waals surface area contributed by atoms with Gasteiger partial charge in [-0.05, 0) is 115 Å². The van der Waals surface area contributed by atoms with Crippen molar-refractivity contribution in [2.24, 2.45) is 0 Å². The van der Waals surface area contributed by atoms with Crippen molar-refractivity contribution in [3.63, 3.8) is 0 Å². The maximum absolute atomic E-state index is 12.2. The van der Waals surface area contributed by atoms with Gasteiger partial charge in [-0.1, -0.05) is 0 Å². The minimum atomic E-state index is -3.70. The van der Waals surface area contributed by atoms with Crippen molar-refractivity contribution in [1.82, 2.24) is 24.9 Å². The second kappa shape index (κ2) is 26.7. The minimum absolute atomic E-state index is 0. The van der Waals surface area contributed by atoms with Crippen LogP contribution >= 0.6 is 24.2 Å². The van der Waals surface area contributed by atoms with E-state index in [-0.39, 0.29) is 91.2 Å². The second-order valence-electron chi connectivity index (χ2n) is 24.5. The maximum atomic E-state index is 12.2. The number of nitrogens with one attached hydrogen (secondary N) is 1. The van der Waals surface area contributed by atoms with Gasteiger partial charge in [-0.2, -0.15) is 28.6 Å². The number of rotatable bonds is 6. The molecule has 8 aliphatic heterocycles. The molecular formula is C47H86ClN5O20S5. The number of thioether (sulfide) groups is 1. The van der Waals surface area contributed by atoms with Crippen LogP contribution in [-0.4, -0.2) is 244 Å². The quantitative estimate of drug-likeness (QED) is 0.254. The van der Waals surface area contributed by atoms with Crippen LogP contribution in [0.25, 0.3) is 0 Å². The summed E-state index contributed by atoms with van der Waals surface area (Å²) in [5.41, 5.74) is -2.19. The minimum Gasteiger partial charge on any atom is -0.444 e. The van der Waals surface area contributed by atoms with Crippen molar-refractivity contribution in [2.45, 2.75) is 196 Å². The number of ether oxygens (including phenoxy) is 4. The molecule has 31 heteroatoms. The van der Waals surface area contributed by atoms with E-state index in [1.54, 1.807) is 67.2 Å². The highest BCUT2D eigenvalue weighted by Crippen LogP contribution is 2.38. The molecule has 10 atom stereocenters. The average molecular weight is 1240 g/mol. The zero-order valence-corrected chi connectivity index (χ0v) is 52.3. The molecule has 8 heterocycles. The van der Waals surface area contributed by atoms with Gasteiger partial charge in [-0.3, -0.25) is 8.37 Å². The van der Waals surface area contributed by atoms with Crippen LogP contribution in [0, 0.1) is 0 Å². The fourth-order valence-corrected chi connectivity index (χ4v) is 16.0. The van der Waals surface area contributed by atoms with Gasteiger partial charge in [0.05, 0.1) is 91.2 Å². The van der Waals surface area contributed by atoms with Crippen molar-refractivity contribution >= 4 is 88.5 Å². The molecule has 0 aliphatic carbocycles. The van der Waals surface area contributed by atoms with E-state index in [0.717, 1.165) is 37.7 Å². The summed E-state index contributed by atoms with van der Waals surface area (Å²) in [6.45, 7) is 23.2. The van der Waals surface area contributed by atoms with Gasteiger partial charge in [-0.15, -0.1) is 12.4 Å². The van der Waals surface area contributed by atoms with Crippen molar-refractivity contribution in [3.8, 4) is 0 Å². The van der Waals surface area contributed by atoms with E-state index in [9.17, 15) is 58.0 Å². The van der Waals surface area contributed by atoms with Crippen LogP contribution in [0.4, 0.5) is 19.2 Å². The molecular weight excluding hydrogens is 1150 g/mol. The van der Waals surface area contributed by atoms with Crippen LogP contribution in [0.15, 0.2) is 0 Å². The normalized spacial score (nSPS) is 29.3. The lowest BCUT2D eigenvalue weighted by Crippen LogP contribution is -2.46. The Labute approximate surface area is 472 Å². The maximum Gasteiger partial charge on any atom is 0.410 e. The van der Waals surface area contributed by atoms with E-state index in [2.05, 4.69) is 5.32 Å². The largest absolute Gasteiger partial charge is 0.444 e. The molecule has 0 spiro atoms. The Morgan fingerprint density at radius 1 is 0.590 bits per heavy atom. The lowest BCUT2D eigenvalue weighted by molar-refractivity contribution is 0.0159. The number of hydrogen-bond donors (Lipinski definition) is 3. The molecule has 25 nitrogen and oxygen atoms in total. The molecule has 0 aromatic rings. The first kappa shape index (κ1) is 69.6. The second-order valence-corrected chi connectivity index (χ2v) is 33.8. The molecule has 3 N–H and O–H groups in total. The molecule has 456 valence electrons. The predicted molar refractivity (Wildman–Crippen MR) is 294 cm³/mol. The monoisotopic (exact) mass is 1240 g/mol. The van der Waals surface area contributed by atoms with E-state index in [4.69, 9.17) is 32.4 Å². The fourth-order valence-electron chi connectivity index (χ4n) is 9.49. The number of hydrogen-bond acceptors (Lipinski definition) is 22. The summed E-state index contributed by atoms with van der Waals surface area (Å²) >= 11 is 1.98. The average Bonchev–Trinajstić information content (AvgIpc) is 4.09. The van der Waals surface area contributed by atoms with Crippen LogP contribution in [0.1, 0.15) is 115 Å². The first-order valence-electron chi connectivity index (χ1n) is 25.6. The first-order chi connectivity index (χ1) is 34.8. The Balaban J connectivity index is 0.000000262. The topological polar surface area (TPSA) is 326 Å². The standard InChI is InChI=1S/C12H23NO8S2.C10H17NO4S.C10H19NO4.C10H17NO2S.C5H9NO2S.ClH/c1-12(2,3)20-11(14)13-7-10(21-23(5,17)18)6-9(13)8-19-22(4,15)16;1-10(2,3)15-9(12)11-5-8-4-7(11)6-16(8,13)14;1-10(2,3)15-9(14)11-5-8(13)4-7(11)6-12;1-10(2,3)13-9(12)11-5-8-4-7(11)6-14-8;7-9(8)3-4-1-5(9)2-6-4;/h9-10H,6-8H2,1-5H3;7-8H,4-6H2,1-3H3;7-8,12-13H,4-6H2,1-3H3;7-8H,4-6H2,1-3H3;4-6H,1-3H2;1H/t9-,10+;;7-,8+;;;/m0.0.../s1. The van der Waals surface area contributed by atoms with Gasteiger partial charge >= 0.3 is 24.4 Å². The molecule has 0 aromatic carbocycles. The highest BCUT2D eigenvalue weighted by Gasteiger charge is 2.51. The third-order valence-electron chi connectivity index (χ3n) is 12.6. The van der Waals surface area contributed by atoms with Crippen molar-refractivity contribution in [2.75, 3.05) is 75.7 Å². The van der Waals surface area contributed by atoms with Gasteiger partial charge < -0.3 is 54.1 Å². The van der Waals surface area contributed by atoms with Crippen LogP contribution in [-0.2, 0) is 67.2 Å². The first-order valence-corrected chi connectivity index (χ1v) is 33.7. The summed E-state index contributed by atoms with van der Waals surface area (Å²) in [4.78, 5) is 53.4. The number of amides is 4. The van der Waals surface area contributed by atoms with Crippen molar-refractivity contribution in [1.29, 1.82) is 0 Å². The molecule has 6 unspecified atom stereocenters. The number of sulfone groups is 2. The number of halogens is 1. The zero-order chi connectivity index (χ0) is 58.7. The zero-order valence-electron chi connectivity index (χ0n) is 47.4. The van der Waals surface area contributed by atoms with Gasteiger partial charge in [0.1, 0.15) is 22.4 Å². The van der Waals surface area contributed by atoms with Gasteiger partial charge in [-0.25, -0.2) is 36.0 Å². The molecule has 8 fully saturated rings.